The minimum Gasteiger partial charge on any atom is -0.441 e. The summed E-state index contributed by atoms with van der Waals surface area (Å²) in [6, 6.07) is 9.97. The highest BCUT2D eigenvalue weighted by molar-refractivity contribution is 5.81. The molecule has 0 N–H and O–H groups in total. The van der Waals surface area contributed by atoms with Crippen LogP contribution in [-0.2, 0) is 11.3 Å². The molecule has 1 amide bonds. The van der Waals surface area contributed by atoms with Crippen LogP contribution >= 0.6 is 0 Å². The lowest BCUT2D eigenvalue weighted by atomic mass is 9.94. The van der Waals surface area contributed by atoms with Gasteiger partial charge in [0.15, 0.2) is 0 Å². The van der Waals surface area contributed by atoms with Gasteiger partial charge in [-0.2, -0.15) is 0 Å². The van der Waals surface area contributed by atoms with Crippen molar-refractivity contribution in [3.63, 3.8) is 0 Å². The number of carbonyl (C=O) groups excluding carboxylic acids is 1. The molecule has 0 bridgehead atoms. The fourth-order valence-corrected chi connectivity index (χ4v) is 3.07. The third kappa shape index (κ3) is 4.10. The highest BCUT2D eigenvalue weighted by Crippen LogP contribution is 2.23. The Kier molecular flexibility index (Phi) is 4.95. The predicted octanol–water partition coefficient (Wildman–Crippen LogP) is 3.34. The van der Waals surface area contributed by atoms with Crippen molar-refractivity contribution in [2.45, 2.75) is 34.2 Å². The standard InChI is InChI=1S/C20H27N3O2/c1-15-17(21-18(25-15)16-8-6-5-7-9-16)14-22-10-12-23(13-11-22)19(24)20(2,3)4/h5-9H,10-14H2,1-4H3. The summed E-state index contributed by atoms with van der Waals surface area (Å²) >= 11 is 0. The van der Waals surface area contributed by atoms with Crippen molar-refractivity contribution >= 4 is 5.91 Å². The minimum absolute atomic E-state index is 0.233. The Bertz CT molecular complexity index is 723. The molecule has 3 rings (SSSR count). The second kappa shape index (κ2) is 7.00. The first-order valence-corrected chi connectivity index (χ1v) is 8.88. The van der Waals surface area contributed by atoms with E-state index in [0.29, 0.717) is 5.89 Å². The summed E-state index contributed by atoms with van der Waals surface area (Å²) in [6.45, 7) is 12.0. The number of hydrogen-bond acceptors (Lipinski definition) is 4. The van der Waals surface area contributed by atoms with E-state index in [1.807, 2.05) is 62.9 Å². The Labute approximate surface area is 149 Å². The predicted molar refractivity (Wildman–Crippen MR) is 98.0 cm³/mol. The normalized spacial score (nSPS) is 16.2. The second-order valence-corrected chi connectivity index (χ2v) is 7.71. The van der Waals surface area contributed by atoms with E-state index in [4.69, 9.17) is 4.42 Å². The Morgan fingerprint density at radius 3 is 2.36 bits per heavy atom. The van der Waals surface area contributed by atoms with Crippen molar-refractivity contribution in [2.24, 2.45) is 5.41 Å². The topological polar surface area (TPSA) is 49.6 Å². The average Bonchev–Trinajstić information content (AvgIpc) is 2.96. The molecule has 0 atom stereocenters. The highest BCUT2D eigenvalue weighted by Gasteiger charge is 2.30. The van der Waals surface area contributed by atoms with Crippen molar-refractivity contribution in [3.8, 4) is 11.5 Å². The van der Waals surface area contributed by atoms with Crippen LogP contribution in [0, 0.1) is 12.3 Å². The van der Waals surface area contributed by atoms with Crippen molar-refractivity contribution in [1.29, 1.82) is 0 Å². The average molecular weight is 341 g/mol. The van der Waals surface area contributed by atoms with Gasteiger partial charge in [-0.15, -0.1) is 0 Å². The van der Waals surface area contributed by atoms with E-state index in [1.165, 1.54) is 0 Å². The van der Waals surface area contributed by atoms with Crippen LogP contribution in [0.2, 0.25) is 0 Å². The molecule has 5 heteroatoms. The number of oxazole rings is 1. The fraction of sp³-hybridized carbons (Fsp3) is 0.500. The van der Waals surface area contributed by atoms with Gasteiger partial charge >= 0.3 is 0 Å². The zero-order valence-electron chi connectivity index (χ0n) is 15.6. The monoisotopic (exact) mass is 341 g/mol. The molecule has 0 radical (unpaired) electrons. The molecule has 134 valence electrons. The number of aryl methyl sites for hydroxylation is 1. The van der Waals surface area contributed by atoms with E-state index < -0.39 is 0 Å². The molecular weight excluding hydrogens is 314 g/mol. The van der Waals surface area contributed by atoms with Crippen molar-refractivity contribution in [1.82, 2.24) is 14.8 Å². The van der Waals surface area contributed by atoms with Crippen molar-refractivity contribution in [2.75, 3.05) is 26.2 Å². The Morgan fingerprint density at radius 1 is 1.12 bits per heavy atom. The van der Waals surface area contributed by atoms with Gasteiger partial charge in [-0.25, -0.2) is 4.98 Å². The third-order valence-corrected chi connectivity index (χ3v) is 4.59. The van der Waals surface area contributed by atoms with Crippen molar-refractivity contribution < 1.29 is 9.21 Å². The number of rotatable bonds is 3. The first kappa shape index (κ1) is 17.7. The molecule has 2 aromatic rings. The molecular formula is C20H27N3O2. The minimum atomic E-state index is -0.310. The Balaban J connectivity index is 1.61. The molecule has 1 aromatic carbocycles. The van der Waals surface area contributed by atoms with Gasteiger partial charge in [0.1, 0.15) is 5.76 Å². The molecule has 0 spiro atoms. The maximum Gasteiger partial charge on any atom is 0.228 e. The van der Waals surface area contributed by atoms with E-state index in [2.05, 4.69) is 9.88 Å². The number of aromatic nitrogens is 1. The molecule has 5 nitrogen and oxygen atoms in total. The number of piperazine rings is 1. The molecule has 1 fully saturated rings. The van der Waals surface area contributed by atoms with Crippen LogP contribution in [-0.4, -0.2) is 46.9 Å². The van der Waals surface area contributed by atoms with Crippen LogP contribution < -0.4 is 0 Å². The van der Waals surface area contributed by atoms with E-state index in [0.717, 1.165) is 49.7 Å². The SMILES string of the molecule is Cc1oc(-c2ccccc2)nc1CN1CCN(C(=O)C(C)(C)C)CC1. The van der Waals surface area contributed by atoms with Gasteiger partial charge in [0, 0.05) is 43.7 Å². The molecule has 2 heterocycles. The van der Waals surface area contributed by atoms with E-state index in [9.17, 15) is 4.79 Å². The molecule has 0 aliphatic carbocycles. The van der Waals surface area contributed by atoms with Gasteiger partial charge in [0.25, 0.3) is 0 Å². The lowest BCUT2D eigenvalue weighted by Gasteiger charge is -2.37. The van der Waals surface area contributed by atoms with Gasteiger partial charge in [0.2, 0.25) is 11.8 Å². The zero-order valence-corrected chi connectivity index (χ0v) is 15.6. The van der Waals surface area contributed by atoms with Crippen LogP contribution in [0.1, 0.15) is 32.2 Å². The summed E-state index contributed by atoms with van der Waals surface area (Å²) < 4.78 is 5.84. The summed E-state index contributed by atoms with van der Waals surface area (Å²) in [4.78, 5) is 21.4. The summed E-state index contributed by atoms with van der Waals surface area (Å²) in [5.41, 5.74) is 1.67. The largest absolute Gasteiger partial charge is 0.441 e. The van der Waals surface area contributed by atoms with Crippen molar-refractivity contribution in [3.05, 3.63) is 41.8 Å². The fourth-order valence-electron chi connectivity index (χ4n) is 3.07. The van der Waals surface area contributed by atoms with Crippen LogP contribution in [0.25, 0.3) is 11.5 Å². The summed E-state index contributed by atoms with van der Waals surface area (Å²) in [5, 5.41) is 0. The molecule has 0 saturated carbocycles. The maximum absolute atomic E-state index is 12.4. The quantitative estimate of drug-likeness (QED) is 0.859. The summed E-state index contributed by atoms with van der Waals surface area (Å²) in [5.74, 6) is 1.78. The van der Waals surface area contributed by atoms with Gasteiger partial charge in [0.05, 0.1) is 5.69 Å². The van der Waals surface area contributed by atoms with Crippen LogP contribution in [0.15, 0.2) is 34.7 Å². The number of benzene rings is 1. The first-order valence-electron chi connectivity index (χ1n) is 8.88. The van der Waals surface area contributed by atoms with E-state index in [-0.39, 0.29) is 11.3 Å². The number of hydrogen-bond donors (Lipinski definition) is 0. The number of amides is 1. The van der Waals surface area contributed by atoms with Gasteiger partial charge in [-0.1, -0.05) is 39.0 Å². The maximum atomic E-state index is 12.4. The smallest absolute Gasteiger partial charge is 0.228 e. The molecule has 0 unspecified atom stereocenters. The molecule has 1 saturated heterocycles. The number of carbonyl (C=O) groups is 1. The lowest BCUT2D eigenvalue weighted by Crippen LogP contribution is -2.51. The molecule has 25 heavy (non-hydrogen) atoms. The van der Waals surface area contributed by atoms with E-state index >= 15 is 0 Å². The van der Waals surface area contributed by atoms with E-state index in [1.54, 1.807) is 0 Å². The molecule has 1 aliphatic rings. The molecule has 1 aliphatic heterocycles. The zero-order chi connectivity index (χ0) is 18.0. The first-order chi connectivity index (χ1) is 11.8. The molecule has 1 aromatic heterocycles. The third-order valence-electron chi connectivity index (χ3n) is 4.59. The van der Waals surface area contributed by atoms with Crippen LogP contribution in [0.3, 0.4) is 0 Å². The lowest BCUT2D eigenvalue weighted by molar-refractivity contribution is -0.141. The van der Waals surface area contributed by atoms with Gasteiger partial charge in [-0.05, 0) is 19.1 Å². The summed E-state index contributed by atoms with van der Waals surface area (Å²) in [7, 11) is 0. The van der Waals surface area contributed by atoms with Gasteiger partial charge < -0.3 is 9.32 Å². The van der Waals surface area contributed by atoms with Gasteiger partial charge in [-0.3, -0.25) is 9.69 Å². The number of nitrogens with zero attached hydrogens (tertiary/aromatic N) is 3. The van der Waals surface area contributed by atoms with Crippen LogP contribution in [0.5, 0.6) is 0 Å². The second-order valence-electron chi connectivity index (χ2n) is 7.71. The van der Waals surface area contributed by atoms with Crippen LogP contribution in [0.4, 0.5) is 0 Å². The Morgan fingerprint density at radius 2 is 1.76 bits per heavy atom. The Hall–Kier alpha value is -2.14. The highest BCUT2D eigenvalue weighted by atomic mass is 16.4. The summed E-state index contributed by atoms with van der Waals surface area (Å²) in [6.07, 6.45) is 0.